The predicted molar refractivity (Wildman–Crippen MR) is 112 cm³/mol. The van der Waals surface area contributed by atoms with Gasteiger partial charge in [0.25, 0.3) is 5.22 Å². The standard InChI is InChI=1S/C22H23N3O3S/c1-15-8-9-18(14-16(15)2)20-23-24-22(28-20)29-19(17-6-4-3-5-7-17)21(26)25-10-12-27-13-11-25/h3-9,14,19H,10-13H2,1-2H3/t19-/m1/s1. The van der Waals surface area contributed by atoms with Gasteiger partial charge in [0.15, 0.2) is 0 Å². The zero-order valence-electron chi connectivity index (χ0n) is 16.5. The molecule has 0 spiro atoms. The second-order valence-corrected chi connectivity index (χ2v) is 8.07. The van der Waals surface area contributed by atoms with E-state index in [9.17, 15) is 4.79 Å². The minimum absolute atomic E-state index is 0.0374. The van der Waals surface area contributed by atoms with E-state index in [-0.39, 0.29) is 5.91 Å². The van der Waals surface area contributed by atoms with Gasteiger partial charge < -0.3 is 14.1 Å². The van der Waals surface area contributed by atoms with E-state index in [4.69, 9.17) is 9.15 Å². The molecular formula is C22H23N3O3S. The van der Waals surface area contributed by atoms with Gasteiger partial charge in [-0.25, -0.2) is 0 Å². The fraction of sp³-hybridized carbons (Fsp3) is 0.318. The van der Waals surface area contributed by atoms with Crippen LogP contribution in [0.2, 0.25) is 0 Å². The number of ether oxygens (including phenoxy) is 1. The summed E-state index contributed by atoms with van der Waals surface area (Å²) in [6.45, 7) is 6.44. The summed E-state index contributed by atoms with van der Waals surface area (Å²) in [5.41, 5.74) is 4.17. The maximum Gasteiger partial charge on any atom is 0.277 e. The van der Waals surface area contributed by atoms with Crippen LogP contribution in [0.5, 0.6) is 0 Å². The molecule has 6 nitrogen and oxygen atoms in total. The van der Waals surface area contributed by atoms with Gasteiger partial charge in [0.2, 0.25) is 11.8 Å². The number of aromatic nitrogens is 2. The number of benzene rings is 2. The highest BCUT2D eigenvalue weighted by Crippen LogP contribution is 2.37. The molecule has 1 fully saturated rings. The average molecular weight is 410 g/mol. The summed E-state index contributed by atoms with van der Waals surface area (Å²) in [5, 5.41) is 8.32. The van der Waals surface area contributed by atoms with Crippen molar-refractivity contribution in [3.63, 3.8) is 0 Å². The zero-order valence-corrected chi connectivity index (χ0v) is 17.3. The smallest absolute Gasteiger partial charge is 0.277 e. The van der Waals surface area contributed by atoms with Crippen LogP contribution >= 0.6 is 11.8 Å². The molecule has 150 valence electrons. The first-order valence-corrected chi connectivity index (χ1v) is 10.5. The SMILES string of the molecule is Cc1ccc(-c2nnc(S[C@@H](C(=O)N3CCOCC3)c3ccccc3)o2)cc1C. The Morgan fingerprint density at radius 2 is 1.79 bits per heavy atom. The van der Waals surface area contributed by atoms with Crippen LogP contribution in [0.4, 0.5) is 0 Å². The third-order valence-electron chi connectivity index (χ3n) is 5.03. The van der Waals surface area contributed by atoms with E-state index in [0.29, 0.717) is 37.4 Å². The number of aryl methyl sites for hydroxylation is 2. The number of nitrogens with zero attached hydrogens (tertiary/aromatic N) is 3. The monoisotopic (exact) mass is 409 g/mol. The van der Waals surface area contributed by atoms with Crippen molar-refractivity contribution in [2.75, 3.05) is 26.3 Å². The summed E-state index contributed by atoms with van der Waals surface area (Å²) >= 11 is 1.29. The highest BCUT2D eigenvalue weighted by atomic mass is 32.2. The van der Waals surface area contributed by atoms with Crippen molar-refractivity contribution in [1.82, 2.24) is 15.1 Å². The summed E-state index contributed by atoms with van der Waals surface area (Å²) in [6, 6.07) is 15.8. The van der Waals surface area contributed by atoms with Gasteiger partial charge in [0.1, 0.15) is 5.25 Å². The number of amides is 1. The maximum absolute atomic E-state index is 13.2. The lowest BCUT2D eigenvalue weighted by Gasteiger charge is -2.29. The van der Waals surface area contributed by atoms with E-state index < -0.39 is 5.25 Å². The van der Waals surface area contributed by atoms with Crippen LogP contribution in [-0.2, 0) is 9.53 Å². The Labute approximate surface area is 174 Å². The number of thioether (sulfide) groups is 1. The Hall–Kier alpha value is -2.64. The predicted octanol–water partition coefficient (Wildman–Crippen LogP) is 4.05. The first-order chi connectivity index (χ1) is 14.1. The molecule has 2 heterocycles. The summed E-state index contributed by atoms with van der Waals surface area (Å²) in [6.07, 6.45) is 0. The summed E-state index contributed by atoms with van der Waals surface area (Å²) < 4.78 is 11.3. The van der Waals surface area contributed by atoms with Crippen molar-refractivity contribution in [3.8, 4) is 11.5 Å². The minimum atomic E-state index is -0.442. The summed E-state index contributed by atoms with van der Waals surface area (Å²) in [7, 11) is 0. The quantitative estimate of drug-likeness (QED) is 0.592. The molecule has 29 heavy (non-hydrogen) atoms. The Morgan fingerprint density at radius 3 is 2.52 bits per heavy atom. The highest BCUT2D eigenvalue weighted by molar-refractivity contribution is 8.00. The molecule has 4 rings (SSSR count). The molecular weight excluding hydrogens is 386 g/mol. The van der Waals surface area contributed by atoms with Crippen LogP contribution in [0.1, 0.15) is 21.9 Å². The molecule has 1 saturated heterocycles. The van der Waals surface area contributed by atoms with Gasteiger partial charge in [0, 0.05) is 18.7 Å². The number of hydrogen-bond acceptors (Lipinski definition) is 6. The molecule has 0 aliphatic carbocycles. The third kappa shape index (κ3) is 4.52. The zero-order chi connectivity index (χ0) is 20.2. The minimum Gasteiger partial charge on any atom is -0.411 e. The van der Waals surface area contributed by atoms with Crippen molar-refractivity contribution in [2.24, 2.45) is 0 Å². The van der Waals surface area contributed by atoms with Gasteiger partial charge in [-0.1, -0.05) is 36.4 Å². The molecule has 0 unspecified atom stereocenters. The lowest BCUT2D eigenvalue weighted by Crippen LogP contribution is -2.42. The van der Waals surface area contributed by atoms with E-state index in [1.807, 2.05) is 53.4 Å². The lowest BCUT2D eigenvalue weighted by molar-refractivity contribution is -0.134. The maximum atomic E-state index is 13.2. The molecule has 2 aromatic carbocycles. The molecule has 1 aliphatic heterocycles. The van der Waals surface area contributed by atoms with E-state index in [1.54, 1.807) is 0 Å². The van der Waals surface area contributed by atoms with Crippen LogP contribution in [-0.4, -0.2) is 47.3 Å². The first-order valence-electron chi connectivity index (χ1n) is 9.61. The van der Waals surface area contributed by atoms with Crippen LogP contribution in [0, 0.1) is 13.8 Å². The number of carbonyl (C=O) groups excluding carboxylic acids is 1. The van der Waals surface area contributed by atoms with Crippen LogP contribution in [0.25, 0.3) is 11.5 Å². The van der Waals surface area contributed by atoms with Gasteiger partial charge in [-0.3, -0.25) is 4.79 Å². The summed E-state index contributed by atoms with van der Waals surface area (Å²) in [4.78, 5) is 15.1. The third-order valence-corrected chi connectivity index (χ3v) is 6.10. The number of carbonyl (C=O) groups is 1. The number of hydrogen-bond donors (Lipinski definition) is 0. The molecule has 1 atom stereocenters. The average Bonchev–Trinajstić information content (AvgIpc) is 3.23. The Balaban J connectivity index is 1.58. The van der Waals surface area contributed by atoms with Crippen LogP contribution in [0.3, 0.4) is 0 Å². The normalized spacial score (nSPS) is 15.3. The van der Waals surface area contributed by atoms with Gasteiger partial charge in [0.05, 0.1) is 13.2 Å². The van der Waals surface area contributed by atoms with Crippen molar-refractivity contribution in [3.05, 3.63) is 65.2 Å². The molecule has 0 bridgehead atoms. The van der Waals surface area contributed by atoms with Crippen LogP contribution < -0.4 is 0 Å². The van der Waals surface area contributed by atoms with Gasteiger partial charge in [-0.05, 0) is 54.4 Å². The highest BCUT2D eigenvalue weighted by Gasteiger charge is 2.30. The summed E-state index contributed by atoms with van der Waals surface area (Å²) in [5.74, 6) is 0.497. The second-order valence-electron chi connectivity index (χ2n) is 7.02. The molecule has 7 heteroatoms. The Morgan fingerprint density at radius 1 is 1.03 bits per heavy atom. The fourth-order valence-electron chi connectivity index (χ4n) is 3.19. The Kier molecular flexibility index (Phi) is 5.97. The molecule has 0 N–H and O–H groups in total. The van der Waals surface area contributed by atoms with Crippen LogP contribution in [0.15, 0.2) is 58.2 Å². The van der Waals surface area contributed by atoms with Crippen molar-refractivity contribution in [1.29, 1.82) is 0 Å². The lowest BCUT2D eigenvalue weighted by atomic mass is 10.1. The van der Waals surface area contributed by atoms with E-state index in [2.05, 4.69) is 24.0 Å². The number of rotatable bonds is 5. The van der Waals surface area contributed by atoms with Gasteiger partial charge >= 0.3 is 0 Å². The first kappa shape index (κ1) is 19.7. The molecule has 1 aliphatic rings. The largest absolute Gasteiger partial charge is 0.411 e. The molecule has 0 saturated carbocycles. The topological polar surface area (TPSA) is 68.5 Å². The van der Waals surface area contributed by atoms with Gasteiger partial charge in [-0.2, -0.15) is 0 Å². The van der Waals surface area contributed by atoms with E-state index in [1.165, 1.54) is 22.9 Å². The second kappa shape index (κ2) is 8.80. The van der Waals surface area contributed by atoms with E-state index in [0.717, 1.165) is 11.1 Å². The molecule has 1 aromatic heterocycles. The molecule has 1 amide bonds. The molecule has 3 aromatic rings. The Bertz CT molecular complexity index is 984. The van der Waals surface area contributed by atoms with Crippen molar-refractivity contribution >= 4 is 17.7 Å². The number of morpholine rings is 1. The van der Waals surface area contributed by atoms with Crippen molar-refractivity contribution in [2.45, 2.75) is 24.3 Å². The molecule has 0 radical (unpaired) electrons. The van der Waals surface area contributed by atoms with Crippen molar-refractivity contribution < 1.29 is 13.9 Å². The fourth-order valence-corrected chi connectivity index (χ4v) is 4.15. The van der Waals surface area contributed by atoms with E-state index >= 15 is 0 Å². The van der Waals surface area contributed by atoms with Gasteiger partial charge in [-0.15, -0.1) is 10.2 Å².